The van der Waals surface area contributed by atoms with Crippen LogP contribution < -0.4 is 5.32 Å². The summed E-state index contributed by atoms with van der Waals surface area (Å²) < 4.78 is 45.1. The third-order valence-electron chi connectivity index (χ3n) is 3.75. The van der Waals surface area contributed by atoms with Gasteiger partial charge in [-0.3, -0.25) is 4.79 Å². The van der Waals surface area contributed by atoms with Gasteiger partial charge in [-0.15, -0.1) is 0 Å². The van der Waals surface area contributed by atoms with E-state index in [2.05, 4.69) is 5.32 Å². The Bertz CT molecular complexity index is 873. The van der Waals surface area contributed by atoms with Gasteiger partial charge in [-0.25, -0.2) is 13.2 Å². The molecule has 0 spiro atoms. The lowest BCUT2D eigenvalue weighted by atomic mass is 10.2. The fourth-order valence-electron chi connectivity index (χ4n) is 2.44. The van der Waals surface area contributed by atoms with Crippen molar-refractivity contribution >= 4 is 17.5 Å². The predicted molar refractivity (Wildman–Crippen MR) is 89.0 cm³/mol. The Kier molecular flexibility index (Phi) is 5.37. The van der Waals surface area contributed by atoms with Gasteiger partial charge in [-0.1, -0.05) is 23.7 Å². The van der Waals surface area contributed by atoms with Crippen molar-refractivity contribution in [1.29, 1.82) is 0 Å². The summed E-state index contributed by atoms with van der Waals surface area (Å²) in [4.78, 5) is 13.7. The van der Waals surface area contributed by atoms with Gasteiger partial charge in [-0.05, 0) is 29.8 Å². The van der Waals surface area contributed by atoms with Crippen LogP contribution >= 0.6 is 11.6 Å². The molecule has 1 aliphatic heterocycles. The van der Waals surface area contributed by atoms with E-state index in [-0.39, 0.29) is 36.3 Å². The zero-order valence-electron chi connectivity index (χ0n) is 13.4. The number of rotatable bonds is 5. The molecular weight excluding hydrogens is 369 g/mol. The normalized spacial score (nSPS) is 14.5. The minimum absolute atomic E-state index is 0.0101. The van der Waals surface area contributed by atoms with Crippen molar-refractivity contribution in [1.82, 2.24) is 10.2 Å². The van der Waals surface area contributed by atoms with Crippen LogP contribution in [0.25, 0.3) is 0 Å². The second-order valence-electron chi connectivity index (χ2n) is 5.64. The van der Waals surface area contributed by atoms with Crippen LogP contribution in [0.2, 0.25) is 0 Å². The molecule has 4 nitrogen and oxygen atoms in total. The number of benzene rings is 2. The summed E-state index contributed by atoms with van der Waals surface area (Å²) in [5, 5.41) is 2.63. The summed E-state index contributed by atoms with van der Waals surface area (Å²) in [6.07, 6.45) is 0. The molecule has 0 saturated heterocycles. The highest BCUT2D eigenvalue weighted by Crippen LogP contribution is 2.21. The first-order valence-electron chi connectivity index (χ1n) is 7.68. The van der Waals surface area contributed by atoms with Gasteiger partial charge in [0.1, 0.15) is 24.1 Å². The fourth-order valence-corrected chi connectivity index (χ4v) is 2.68. The molecule has 26 heavy (non-hydrogen) atoms. The van der Waals surface area contributed by atoms with Crippen LogP contribution in [0.5, 0.6) is 0 Å². The van der Waals surface area contributed by atoms with Crippen LogP contribution in [0, 0.1) is 17.5 Å². The minimum Gasteiger partial charge on any atom is -0.473 e. The molecule has 0 saturated carbocycles. The molecule has 8 heteroatoms. The van der Waals surface area contributed by atoms with Crippen molar-refractivity contribution < 1.29 is 22.7 Å². The Morgan fingerprint density at radius 1 is 1.12 bits per heavy atom. The lowest BCUT2D eigenvalue weighted by Gasteiger charge is -2.29. The van der Waals surface area contributed by atoms with E-state index in [9.17, 15) is 18.0 Å². The van der Waals surface area contributed by atoms with E-state index in [1.807, 2.05) is 0 Å². The highest BCUT2D eigenvalue weighted by Gasteiger charge is 2.27. The summed E-state index contributed by atoms with van der Waals surface area (Å²) in [6, 6.07) is 8.99. The molecule has 0 unspecified atom stereocenters. The topological polar surface area (TPSA) is 41.6 Å². The van der Waals surface area contributed by atoms with E-state index in [0.29, 0.717) is 5.56 Å². The Hall–Kier alpha value is -2.67. The Labute approximate surface area is 152 Å². The van der Waals surface area contributed by atoms with Crippen molar-refractivity contribution in [3.8, 4) is 0 Å². The Balaban J connectivity index is 1.66. The van der Waals surface area contributed by atoms with Crippen molar-refractivity contribution in [2.24, 2.45) is 0 Å². The molecule has 2 aromatic carbocycles. The average molecular weight is 383 g/mol. The lowest BCUT2D eigenvalue weighted by Crippen LogP contribution is -2.44. The van der Waals surface area contributed by atoms with Crippen LogP contribution in [-0.2, 0) is 22.7 Å². The number of carbonyl (C=O) groups excluding carboxylic acids is 1. The first-order chi connectivity index (χ1) is 12.4. The van der Waals surface area contributed by atoms with Crippen molar-refractivity contribution in [2.75, 3.05) is 6.67 Å². The molecule has 0 bridgehead atoms. The van der Waals surface area contributed by atoms with Gasteiger partial charge in [-0.2, -0.15) is 0 Å². The molecule has 136 valence electrons. The quantitative estimate of drug-likeness (QED) is 0.858. The minimum atomic E-state index is -0.753. The summed E-state index contributed by atoms with van der Waals surface area (Å²) in [6.45, 7) is 0.0360. The zero-order valence-corrected chi connectivity index (χ0v) is 14.2. The van der Waals surface area contributed by atoms with E-state index in [1.165, 1.54) is 23.1 Å². The maximum absolute atomic E-state index is 13.6. The molecule has 1 aliphatic rings. The Morgan fingerprint density at radius 3 is 2.62 bits per heavy atom. The third-order valence-corrected chi connectivity index (χ3v) is 4.09. The maximum Gasteiger partial charge on any atom is 0.272 e. The average Bonchev–Trinajstić information content (AvgIpc) is 2.60. The lowest BCUT2D eigenvalue weighted by molar-refractivity contribution is -0.129. The standard InChI is InChI=1S/C18H14ClF3N2O2/c19-16-17(26-9-12-4-5-14(21)7-15(12)22)23-10-24(18(16)25)8-11-2-1-3-13(20)6-11/h1-7,23H,8-10H2. The van der Waals surface area contributed by atoms with Gasteiger partial charge in [0.05, 0.1) is 6.67 Å². The number of hydrogen-bond donors (Lipinski definition) is 1. The monoisotopic (exact) mass is 382 g/mol. The van der Waals surface area contributed by atoms with Crippen LogP contribution in [-0.4, -0.2) is 17.5 Å². The van der Waals surface area contributed by atoms with Gasteiger partial charge in [0.2, 0.25) is 5.88 Å². The summed E-state index contributed by atoms with van der Waals surface area (Å²) >= 11 is 6.03. The molecule has 0 radical (unpaired) electrons. The van der Waals surface area contributed by atoms with Crippen molar-refractivity contribution in [3.63, 3.8) is 0 Å². The molecular formula is C18H14ClF3N2O2. The smallest absolute Gasteiger partial charge is 0.272 e. The second kappa shape index (κ2) is 7.70. The first kappa shape index (κ1) is 18.1. The molecule has 1 N–H and O–H groups in total. The molecule has 0 fully saturated rings. The molecule has 0 atom stereocenters. The van der Waals surface area contributed by atoms with Gasteiger partial charge in [0.15, 0.2) is 5.03 Å². The Morgan fingerprint density at radius 2 is 1.88 bits per heavy atom. The van der Waals surface area contributed by atoms with Crippen LogP contribution in [0.4, 0.5) is 13.2 Å². The number of halogens is 4. The second-order valence-corrected chi connectivity index (χ2v) is 6.01. The highest BCUT2D eigenvalue weighted by atomic mass is 35.5. The zero-order chi connectivity index (χ0) is 18.7. The summed E-state index contributed by atoms with van der Waals surface area (Å²) in [7, 11) is 0. The van der Waals surface area contributed by atoms with E-state index in [0.717, 1.165) is 12.1 Å². The SMILES string of the molecule is O=C1C(Cl)=C(OCc2ccc(F)cc2F)NCN1Cc1cccc(F)c1. The predicted octanol–water partition coefficient (Wildman–Crippen LogP) is 3.62. The molecule has 0 aliphatic carbocycles. The molecule has 2 aromatic rings. The van der Waals surface area contributed by atoms with Gasteiger partial charge in [0, 0.05) is 18.2 Å². The number of nitrogens with one attached hydrogen (secondary N) is 1. The molecule has 3 rings (SSSR count). The molecule has 0 aromatic heterocycles. The number of ether oxygens (including phenoxy) is 1. The van der Waals surface area contributed by atoms with Crippen molar-refractivity contribution in [2.45, 2.75) is 13.2 Å². The fraction of sp³-hybridized carbons (Fsp3) is 0.167. The molecule has 1 amide bonds. The van der Waals surface area contributed by atoms with Crippen LogP contribution in [0.15, 0.2) is 53.4 Å². The van der Waals surface area contributed by atoms with E-state index in [1.54, 1.807) is 12.1 Å². The van der Waals surface area contributed by atoms with Crippen LogP contribution in [0.1, 0.15) is 11.1 Å². The summed E-state index contributed by atoms with van der Waals surface area (Å²) in [5.41, 5.74) is 0.738. The number of carbonyl (C=O) groups is 1. The van der Waals surface area contributed by atoms with E-state index < -0.39 is 23.4 Å². The first-order valence-corrected chi connectivity index (χ1v) is 8.06. The van der Waals surface area contributed by atoms with Crippen LogP contribution in [0.3, 0.4) is 0 Å². The van der Waals surface area contributed by atoms with Gasteiger partial charge < -0.3 is 15.0 Å². The number of hydrogen-bond acceptors (Lipinski definition) is 3. The number of amides is 1. The molecule has 1 heterocycles. The van der Waals surface area contributed by atoms with E-state index in [4.69, 9.17) is 16.3 Å². The van der Waals surface area contributed by atoms with E-state index >= 15 is 0 Å². The number of nitrogens with zero attached hydrogens (tertiary/aromatic N) is 1. The third kappa shape index (κ3) is 4.11. The van der Waals surface area contributed by atoms with Gasteiger partial charge in [0.25, 0.3) is 5.91 Å². The largest absolute Gasteiger partial charge is 0.473 e. The maximum atomic E-state index is 13.6. The highest BCUT2D eigenvalue weighted by molar-refractivity contribution is 6.42. The summed E-state index contributed by atoms with van der Waals surface area (Å²) in [5.74, 6) is -2.33. The van der Waals surface area contributed by atoms with Crippen molar-refractivity contribution in [3.05, 3.63) is 82.0 Å². The van der Waals surface area contributed by atoms with Gasteiger partial charge >= 0.3 is 0 Å².